The zero-order valence-electron chi connectivity index (χ0n) is 14.9. The van der Waals surface area contributed by atoms with Crippen LogP contribution in [0.25, 0.3) is 0 Å². The highest BCUT2D eigenvalue weighted by Crippen LogP contribution is 2.43. The van der Waals surface area contributed by atoms with E-state index in [1.807, 2.05) is 62.4 Å². The van der Waals surface area contributed by atoms with Crippen LogP contribution in [0.15, 0.2) is 48.5 Å². The third kappa shape index (κ3) is 5.61. The van der Waals surface area contributed by atoms with Crippen LogP contribution in [0.1, 0.15) is 39.2 Å². The minimum absolute atomic E-state index is 0.123. The SMILES string of the molecule is CC(C)Oc1ccc(N[P@@](C)(=O)Oc2ccc(C(C)C)cc2)cc1. The third-order valence-electron chi connectivity index (χ3n) is 3.38. The molecule has 0 amide bonds. The zero-order chi connectivity index (χ0) is 17.7. The van der Waals surface area contributed by atoms with Crippen LogP contribution in [-0.2, 0) is 4.57 Å². The molecule has 2 aromatic rings. The molecule has 0 radical (unpaired) electrons. The van der Waals surface area contributed by atoms with Crippen LogP contribution in [0, 0.1) is 0 Å². The Morgan fingerprint density at radius 1 is 0.875 bits per heavy atom. The van der Waals surface area contributed by atoms with Gasteiger partial charge in [0.05, 0.1) is 6.10 Å². The van der Waals surface area contributed by atoms with Gasteiger partial charge in [-0.05, 0) is 61.7 Å². The maximum atomic E-state index is 12.7. The van der Waals surface area contributed by atoms with Gasteiger partial charge in [0, 0.05) is 12.4 Å². The Morgan fingerprint density at radius 2 is 1.42 bits per heavy atom. The molecular weight excluding hydrogens is 321 g/mol. The number of nitrogens with one attached hydrogen (secondary N) is 1. The number of hydrogen-bond acceptors (Lipinski definition) is 3. The summed E-state index contributed by atoms with van der Waals surface area (Å²) in [7, 11) is -3.01. The van der Waals surface area contributed by atoms with Crippen molar-refractivity contribution in [3.05, 3.63) is 54.1 Å². The van der Waals surface area contributed by atoms with Crippen molar-refractivity contribution < 1.29 is 13.8 Å². The summed E-state index contributed by atoms with van der Waals surface area (Å²) in [4.78, 5) is 0. The van der Waals surface area contributed by atoms with E-state index in [0.717, 1.165) is 11.4 Å². The Hall–Kier alpha value is -1.93. The lowest BCUT2D eigenvalue weighted by molar-refractivity contribution is 0.242. The lowest BCUT2D eigenvalue weighted by atomic mass is 10.0. The third-order valence-corrected chi connectivity index (χ3v) is 4.61. The second kappa shape index (κ2) is 7.76. The molecule has 2 rings (SSSR count). The average Bonchev–Trinajstić information content (AvgIpc) is 2.48. The Labute approximate surface area is 144 Å². The molecule has 4 nitrogen and oxygen atoms in total. The predicted octanol–water partition coefficient (Wildman–Crippen LogP) is 5.91. The minimum Gasteiger partial charge on any atom is -0.491 e. The monoisotopic (exact) mass is 347 g/mol. The molecule has 130 valence electrons. The highest BCUT2D eigenvalue weighted by atomic mass is 31.2. The van der Waals surface area contributed by atoms with Crippen molar-refractivity contribution >= 4 is 13.2 Å². The largest absolute Gasteiger partial charge is 0.491 e. The molecule has 0 saturated heterocycles. The van der Waals surface area contributed by atoms with Gasteiger partial charge in [-0.15, -0.1) is 0 Å². The van der Waals surface area contributed by atoms with Crippen molar-refractivity contribution in [3.63, 3.8) is 0 Å². The van der Waals surface area contributed by atoms with E-state index in [4.69, 9.17) is 9.26 Å². The van der Waals surface area contributed by atoms with Gasteiger partial charge in [-0.3, -0.25) is 4.57 Å². The highest BCUT2D eigenvalue weighted by molar-refractivity contribution is 7.60. The molecule has 0 bridgehead atoms. The van der Waals surface area contributed by atoms with Gasteiger partial charge in [-0.1, -0.05) is 26.0 Å². The first-order valence-electron chi connectivity index (χ1n) is 8.17. The van der Waals surface area contributed by atoms with Gasteiger partial charge in [-0.2, -0.15) is 0 Å². The molecule has 0 unspecified atom stereocenters. The molecule has 0 aliphatic rings. The minimum atomic E-state index is -3.01. The molecule has 5 heteroatoms. The van der Waals surface area contributed by atoms with Crippen LogP contribution in [0.3, 0.4) is 0 Å². The fraction of sp³-hybridized carbons (Fsp3) is 0.368. The zero-order valence-corrected chi connectivity index (χ0v) is 15.8. The summed E-state index contributed by atoms with van der Waals surface area (Å²) in [5, 5.41) is 2.96. The maximum absolute atomic E-state index is 12.7. The smallest absolute Gasteiger partial charge is 0.338 e. The first kappa shape index (κ1) is 18.4. The van der Waals surface area contributed by atoms with Crippen LogP contribution in [0.5, 0.6) is 11.5 Å². The molecule has 0 aliphatic heterocycles. The Balaban J connectivity index is 2.01. The molecule has 1 N–H and O–H groups in total. The van der Waals surface area contributed by atoms with Gasteiger partial charge in [0.2, 0.25) is 0 Å². The number of anilines is 1. The predicted molar refractivity (Wildman–Crippen MR) is 101 cm³/mol. The van der Waals surface area contributed by atoms with E-state index >= 15 is 0 Å². The molecule has 0 fully saturated rings. The van der Waals surface area contributed by atoms with Crippen molar-refractivity contribution in [1.82, 2.24) is 0 Å². The van der Waals surface area contributed by atoms with Crippen LogP contribution < -0.4 is 14.3 Å². The van der Waals surface area contributed by atoms with Crippen molar-refractivity contribution in [2.24, 2.45) is 0 Å². The molecular formula is C19H26NO3P. The van der Waals surface area contributed by atoms with E-state index in [-0.39, 0.29) is 6.10 Å². The summed E-state index contributed by atoms with van der Waals surface area (Å²) in [6, 6.07) is 15.1. The van der Waals surface area contributed by atoms with Crippen molar-refractivity contribution in [1.29, 1.82) is 0 Å². The van der Waals surface area contributed by atoms with E-state index in [9.17, 15) is 4.57 Å². The van der Waals surface area contributed by atoms with E-state index in [1.54, 1.807) is 6.66 Å². The summed E-state index contributed by atoms with van der Waals surface area (Å²) < 4.78 is 23.9. The molecule has 1 atom stereocenters. The van der Waals surface area contributed by atoms with E-state index in [0.29, 0.717) is 11.7 Å². The molecule has 24 heavy (non-hydrogen) atoms. The maximum Gasteiger partial charge on any atom is 0.338 e. The quantitative estimate of drug-likeness (QED) is 0.632. The van der Waals surface area contributed by atoms with Gasteiger partial charge >= 0.3 is 7.52 Å². The Bertz CT molecular complexity index is 694. The van der Waals surface area contributed by atoms with E-state index < -0.39 is 7.52 Å². The Kier molecular flexibility index (Phi) is 5.95. The van der Waals surface area contributed by atoms with Gasteiger partial charge in [0.15, 0.2) is 0 Å². The number of hydrogen-bond donors (Lipinski definition) is 1. The molecule has 0 heterocycles. The van der Waals surface area contributed by atoms with Crippen LogP contribution in [0.4, 0.5) is 5.69 Å². The lowest BCUT2D eigenvalue weighted by Gasteiger charge is -2.18. The van der Waals surface area contributed by atoms with Gasteiger partial charge in [-0.25, -0.2) is 0 Å². The Morgan fingerprint density at radius 3 is 1.92 bits per heavy atom. The summed E-state index contributed by atoms with van der Waals surface area (Å²) in [5.74, 6) is 1.83. The van der Waals surface area contributed by atoms with Crippen molar-refractivity contribution in [3.8, 4) is 11.5 Å². The van der Waals surface area contributed by atoms with Gasteiger partial charge in [0.1, 0.15) is 11.5 Å². The fourth-order valence-corrected chi connectivity index (χ4v) is 3.44. The molecule has 0 saturated carbocycles. The topological polar surface area (TPSA) is 47.6 Å². The summed E-state index contributed by atoms with van der Waals surface area (Å²) in [6.07, 6.45) is 0.123. The van der Waals surface area contributed by atoms with Crippen molar-refractivity contribution in [2.45, 2.75) is 39.7 Å². The molecule has 0 spiro atoms. The summed E-state index contributed by atoms with van der Waals surface area (Å²) in [5.41, 5.74) is 1.96. The highest BCUT2D eigenvalue weighted by Gasteiger charge is 2.17. The summed E-state index contributed by atoms with van der Waals surface area (Å²) in [6.45, 7) is 9.79. The van der Waals surface area contributed by atoms with Crippen LogP contribution in [0.2, 0.25) is 0 Å². The summed E-state index contributed by atoms with van der Waals surface area (Å²) >= 11 is 0. The van der Waals surface area contributed by atoms with Gasteiger partial charge < -0.3 is 14.3 Å². The normalized spacial score (nSPS) is 13.6. The second-order valence-corrected chi connectivity index (χ2v) is 8.56. The van der Waals surface area contributed by atoms with Crippen LogP contribution in [-0.4, -0.2) is 12.8 Å². The number of rotatable bonds is 7. The molecule has 0 aromatic heterocycles. The lowest BCUT2D eigenvalue weighted by Crippen LogP contribution is -2.06. The number of benzene rings is 2. The second-order valence-electron chi connectivity index (χ2n) is 6.46. The van der Waals surface area contributed by atoms with E-state index in [2.05, 4.69) is 18.9 Å². The first-order valence-corrected chi connectivity index (χ1v) is 10.2. The van der Waals surface area contributed by atoms with Crippen LogP contribution >= 0.6 is 7.52 Å². The van der Waals surface area contributed by atoms with Crippen molar-refractivity contribution in [2.75, 3.05) is 11.8 Å². The number of ether oxygens (including phenoxy) is 1. The molecule has 2 aromatic carbocycles. The average molecular weight is 347 g/mol. The van der Waals surface area contributed by atoms with Gasteiger partial charge in [0.25, 0.3) is 0 Å². The standard InChI is InChI=1S/C19H26NO3P/c1-14(2)16-6-10-19(11-7-16)23-24(5,21)20-17-8-12-18(13-9-17)22-15(3)4/h6-15H,1-5H3,(H,20,21)/t24-/m0/s1. The molecule has 0 aliphatic carbocycles. The van der Waals surface area contributed by atoms with E-state index in [1.165, 1.54) is 5.56 Å². The first-order chi connectivity index (χ1) is 11.2. The fourth-order valence-electron chi connectivity index (χ4n) is 2.25.